The minimum Gasteiger partial charge on any atom is -0.454 e. The van der Waals surface area contributed by atoms with Crippen LogP contribution in [0, 0.1) is 0 Å². The molecule has 0 spiro atoms. The zero-order valence-electron chi connectivity index (χ0n) is 43.8. The monoisotopic (exact) mass is 970 g/mol. The van der Waals surface area contributed by atoms with Crippen molar-refractivity contribution in [2.75, 3.05) is 9.80 Å². The molecule has 0 amide bonds. The van der Waals surface area contributed by atoms with E-state index in [-0.39, 0.29) is 16.2 Å². The maximum Gasteiger partial charge on any atom is 0.159 e. The van der Waals surface area contributed by atoms with E-state index in [0.29, 0.717) is 0 Å². The van der Waals surface area contributed by atoms with Crippen LogP contribution < -0.4 is 9.80 Å². The van der Waals surface area contributed by atoms with Gasteiger partial charge < -0.3 is 18.6 Å². The molecular weight excluding hydrogens is 913 g/mol. The topological polar surface area (TPSA) is 32.8 Å². The Hall–Kier alpha value is -8.60. The van der Waals surface area contributed by atoms with Crippen molar-refractivity contribution in [3.63, 3.8) is 0 Å². The summed E-state index contributed by atoms with van der Waals surface area (Å²) in [7, 11) is 0. The van der Waals surface area contributed by atoms with E-state index in [0.717, 1.165) is 78.0 Å². The van der Waals surface area contributed by atoms with E-state index < -0.39 is 0 Å². The number of anilines is 6. The molecule has 0 bridgehead atoms. The molecule has 75 heavy (non-hydrogen) atoms. The lowest BCUT2D eigenvalue weighted by Crippen LogP contribution is -2.17. The SMILES string of the molecule is CC(C)(C)c1cccc2c1oc1c(N(c3ccccc3)c3ccc4c5c(c6ccccc6c4c3)-c3cc(N(c4ccccc4)c4cccc6c4oc4c(C(C)(C)C)cccc46)c4ccccc4c3C5(C)C)cccc12. The Morgan fingerprint density at radius 2 is 0.760 bits per heavy atom. The highest BCUT2D eigenvalue weighted by Gasteiger charge is 2.41. The van der Waals surface area contributed by atoms with Crippen LogP contribution in [-0.2, 0) is 16.2 Å². The Kier molecular flexibility index (Phi) is 9.73. The predicted octanol–water partition coefficient (Wildman–Crippen LogP) is 20.8. The molecule has 11 aromatic carbocycles. The summed E-state index contributed by atoms with van der Waals surface area (Å²) in [6.07, 6.45) is 0. The van der Waals surface area contributed by atoms with E-state index in [2.05, 4.69) is 271 Å². The van der Waals surface area contributed by atoms with Gasteiger partial charge in [0.15, 0.2) is 11.2 Å². The Morgan fingerprint density at radius 1 is 0.320 bits per heavy atom. The van der Waals surface area contributed by atoms with Gasteiger partial charge in [-0.2, -0.15) is 0 Å². The van der Waals surface area contributed by atoms with E-state index in [1.807, 2.05) is 0 Å². The first-order chi connectivity index (χ1) is 36.3. The Balaban J connectivity index is 1.02. The van der Waals surface area contributed by atoms with Gasteiger partial charge in [-0.3, -0.25) is 0 Å². The van der Waals surface area contributed by atoms with Crippen LogP contribution in [0.15, 0.2) is 215 Å². The highest BCUT2D eigenvalue weighted by molar-refractivity contribution is 6.22. The number of fused-ring (bicyclic) bond motifs is 16. The fourth-order valence-corrected chi connectivity index (χ4v) is 12.9. The fourth-order valence-electron chi connectivity index (χ4n) is 12.9. The van der Waals surface area contributed by atoms with E-state index in [1.165, 1.54) is 65.7 Å². The molecule has 0 unspecified atom stereocenters. The van der Waals surface area contributed by atoms with Crippen LogP contribution in [0.3, 0.4) is 0 Å². The molecule has 2 aromatic heterocycles. The molecule has 0 radical (unpaired) electrons. The molecule has 364 valence electrons. The van der Waals surface area contributed by atoms with Gasteiger partial charge in [-0.25, -0.2) is 0 Å². The van der Waals surface area contributed by atoms with Gasteiger partial charge in [0, 0.05) is 60.5 Å². The lowest BCUT2D eigenvalue weighted by Gasteiger charge is -2.30. The predicted molar refractivity (Wildman–Crippen MR) is 318 cm³/mol. The van der Waals surface area contributed by atoms with Crippen LogP contribution in [0.1, 0.15) is 77.6 Å². The second-order valence-corrected chi connectivity index (χ2v) is 23.2. The first-order valence-corrected chi connectivity index (χ1v) is 26.4. The van der Waals surface area contributed by atoms with Gasteiger partial charge >= 0.3 is 0 Å². The quantitative estimate of drug-likeness (QED) is 0.155. The molecule has 13 aromatic rings. The number of furan rings is 2. The second-order valence-electron chi connectivity index (χ2n) is 23.2. The second kappa shape index (κ2) is 16.2. The van der Waals surface area contributed by atoms with Crippen LogP contribution in [0.25, 0.3) is 87.3 Å². The molecular formula is C71H58N2O2. The van der Waals surface area contributed by atoms with Crippen molar-refractivity contribution in [2.24, 2.45) is 0 Å². The van der Waals surface area contributed by atoms with Gasteiger partial charge in [0.1, 0.15) is 11.2 Å². The molecule has 14 rings (SSSR count). The molecule has 2 heterocycles. The van der Waals surface area contributed by atoms with Crippen molar-refractivity contribution in [3.8, 4) is 11.1 Å². The van der Waals surface area contributed by atoms with Crippen molar-refractivity contribution in [2.45, 2.75) is 71.6 Å². The van der Waals surface area contributed by atoms with Crippen molar-refractivity contribution in [3.05, 3.63) is 229 Å². The molecule has 0 fully saturated rings. The highest BCUT2D eigenvalue weighted by Crippen LogP contribution is 2.59. The average Bonchev–Trinajstić information content (AvgIpc) is 4.29. The molecule has 4 nitrogen and oxygen atoms in total. The lowest BCUT2D eigenvalue weighted by molar-refractivity contribution is 0.572. The first kappa shape index (κ1) is 45.0. The van der Waals surface area contributed by atoms with Gasteiger partial charge in [-0.05, 0) is 115 Å². The highest BCUT2D eigenvalue weighted by atomic mass is 16.3. The zero-order valence-corrected chi connectivity index (χ0v) is 43.8. The standard InChI is InChI=1S/C71H58N2O2/c1-69(2,3)57-35-19-31-51-53-33-21-37-59(67(53)74-65(51)57)72(43-23-11-9-12-24-43)45-39-40-50-55(41-45)46-27-15-17-29-48(46)62-56-42-61(47-28-16-18-30-49(47)63(56)71(7,8)64(50)62)73(44-25-13-10-14-26-44)60-38-22-34-54-52-32-20-36-58(70(4,5)6)66(52)75-68(54)60/h9-42H,1-8H3. The molecule has 4 heteroatoms. The summed E-state index contributed by atoms with van der Waals surface area (Å²) in [5.41, 5.74) is 17.1. The number of hydrogen-bond donors (Lipinski definition) is 0. The third-order valence-electron chi connectivity index (χ3n) is 16.2. The van der Waals surface area contributed by atoms with Crippen LogP contribution in [0.5, 0.6) is 0 Å². The Bertz CT molecular complexity index is 4470. The molecule has 0 N–H and O–H groups in total. The van der Waals surface area contributed by atoms with Gasteiger partial charge in [0.2, 0.25) is 0 Å². The number of rotatable bonds is 6. The average molecular weight is 971 g/mol. The Morgan fingerprint density at radius 3 is 1.32 bits per heavy atom. The molecule has 0 aliphatic heterocycles. The summed E-state index contributed by atoms with van der Waals surface area (Å²) >= 11 is 0. The van der Waals surface area contributed by atoms with Gasteiger partial charge in [-0.1, -0.05) is 207 Å². The number of hydrogen-bond acceptors (Lipinski definition) is 4. The maximum atomic E-state index is 7.15. The summed E-state index contributed by atoms with van der Waals surface area (Å²) in [6.45, 7) is 18.4. The normalized spacial score (nSPS) is 13.4. The molecule has 1 aliphatic carbocycles. The summed E-state index contributed by atoms with van der Waals surface area (Å²) in [4.78, 5) is 4.82. The molecule has 0 saturated carbocycles. The summed E-state index contributed by atoms with van der Waals surface area (Å²) in [5.74, 6) is 0. The first-order valence-electron chi connectivity index (χ1n) is 26.4. The number of para-hydroxylation sites is 6. The minimum absolute atomic E-state index is 0.0875. The van der Waals surface area contributed by atoms with Crippen LogP contribution >= 0.6 is 0 Å². The van der Waals surface area contributed by atoms with Gasteiger partial charge in [-0.15, -0.1) is 0 Å². The van der Waals surface area contributed by atoms with Gasteiger partial charge in [0.25, 0.3) is 0 Å². The van der Waals surface area contributed by atoms with Crippen molar-refractivity contribution in [1.82, 2.24) is 0 Å². The van der Waals surface area contributed by atoms with Crippen LogP contribution in [0.2, 0.25) is 0 Å². The van der Waals surface area contributed by atoms with E-state index in [4.69, 9.17) is 8.83 Å². The largest absolute Gasteiger partial charge is 0.454 e. The van der Waals surface area contributed by atoms with Crippen molar-refractivity contribution < 1.29 is 8.83 Å². The smallest absolute Gasteiger partial charge is 0.159 e. The number of nitrogens with zero attached hydrogens (tertiary/aromatic N) is 2. The van der Waals surface area contributed by atoms with Crippen molar-refractivity contribution in [1.29, 1.82) is 0 Å². The third kappa shape index (κ3) is 6.68. The maximum absolute atomic E-state index is 7.15. The van der Waals surface area contributed by atoms with E-state index in [9.17, 15) is 0 Å². The lowest BCUT2D eigenvalue weighted by atomic mass is 9.77. The summed E-state index contributed by atoms with van der Waals surface area (Å²) < 4.78 is 14.2. The van der Waals surface area contributed by atoms with Crippen LogP contribution in [0.4, 0.5) is 34.1 Å². The fraction of sp³-hybridized carbons (Fsp3) is 0.155. The van der Waals surface area contributed by atoms with E-state index >= 15 is 0 Å². The van der Waals surface area contributed by atoms with Crippen molar-refractivity contribution >= 4 is 110 Å². The Labute approximate surface area is 438 Å². The number of benzene rings is 11. The molecule has 0 atom stereocenters. The van der Waals surface area contributed by atoms with Crippen LogP contribution in [-0.4, -0.2) is 0 Å². The summed E-state index contributed by atoms with van der Waals surface area (Å²) in [5, 5.41) is 11.9. The van der Waals surface area contributed by atoms with Gasteiger partial charge in [0.05, 0.1) is 17.1 Å². The minimum atomic E-state index is -0.365. The molecule has 1 aliphatic rings. The zero-order chi connectivity index (χ0) is 51.1. The third-order valence-corrected chi connectivity index (χ3v) is 16.2. The summed E-state index contributed by atoms with van der Waals surface area (Å²) in [6, 6.07) is 75.7. The van der Waals surface area contributed by atoms with E-state index in [1.54, 1.807) is 0 Å². The molecule has 0 saturated heterocycles.